The lowest BCUT2D eigenvalue weighted by Crippen LogP contribution is -2.29. The Morgan fingerprint density at radius 3 is 2.81 bits per heavy atom. The Hall–Kier alpha value is -0.610. The molecule has 1 aromatic rings. The minimum absolute atomic E-state index is 0.170. The van der Waals surface area contributed by atoms with Gasteiger partial charge in [0, 0.05) is 19.2 Å². The Kier molecular flexibility index (Phi) is 3.82. The highest BCUT2D eigenvalue weighted by Gasteiger charge is 2.28. The van der Waals surface area contributed by atoms with Crippen LogP contribution >= 0.6 is 11.6 Å². The van der Waals surface area contributed by atoms with E-state index in [2.05, 4.69) is 0 Å². The lowest BCUT2D eigenvalue weighted by atomic mass is 9.97. The quantitative estimate of drug-likeness (QED) is 0.763. The molecule has 0 spiro atoms. The van der Waals surface area contributed by atoms with Crippen LogP contribution in [0.3, 0.4) is 0 Å². The summed E-state index contributed by atoms with van der Waals surface area (Å²) in [5, 5.41) is 0.755. The second-order valence-corrected chi connectivity index (χ2v) is 4.16. The first-order valence-electron chi connectivity index (χ1n) is 5.21. The van der Waals surface area contributed by atoms with Crippen LogP contribution in [0, 0.1) is 0 Å². The topological polar surface area (TPSA) is 27.7 Å². The van der Waals surface area contributed by atoms with Crippen LogP contribution in [0.5, 0.6) is 0 Å². The van der Waals surface area contributed by atoms with Crippen molar-refractivity contribution in [2.24, 2.45) is 0 Å². The SMILES string of the molecule is COC(OC)C1OCCc2cc(Cl)ccc21. The fourth-order valence-electron chi connectivity index (χ4n) is 2.02. The van der Waals surface area contributed by atoms with E-state index in [1.54, 1.807) is 14.2 Å². The highest BCUT2D eigenvalue weighted by molar-refractivity contribution is 6.30. The Bertz CT molecular complexity index is 363. The summed E-state index contributed by atoms with van der Waals surface area (Å²) in [4.78, 5) is 0. The van der Waals surface area contributed by atoms with E-state index >= 15 is 0 Å². The summed E-state index contributed by atoms with van der Waals surface area (Å²) < 4.78 is 16.2. The van der Waals surface area contributed by atoms with Crippen molar-refractivity contribution in [3.63, 3.8) is 0 Å². The lowest BCUT2D eigenvalue weighted by molar-refractivity contribution is -0.186. The zero-order valence-corrected chi connectivity index (χ0v) is 10.2. The molecule has 4 heteroatoms. The molecule has 0 fully saturated rings. The molecule has 0 aromatic heterocycles. The molecule has 1 aliphatic rings. The predicted octanol–water partition coefficient (Wildman–Crippen LogP) is 2.57. The normalized spacial score (nSPS) is 19.9. The number of ether oxygens (including phenoxy) is 3. The highest BCUT2D eigenvalue weighted by Crippen LogP contribution is 2.32. The Morgan fingerprint density at radius 2 is 2.12 bits per heavy atom. The van der Waals surface area contributed by atoms with Crippen molar-refractivity contribution in [1.29, 1.82) is 0 Å². The molecule has 1 aromatic carbocycles. The number of hydrogen-bond donors (Lipinski definition) is 0. The van der Waals surface area contributed by atoms with Gasteiger partial charge in [-0.05, 0) is 29.7 Å². The summed E-state index contributed by atoms with van der Waals surface area (Å²) in [6.45, 7) is 0.668. The molecule has 88 valence electrons. The second-order valence-electron chi connectivity index (χ2n) is 3.72. The Balaban J connectivity index is 2.32. The standard InChI is InChI=1S/C12H15ClO3/c1-14-12(15-2)11-10-4-3-9(13)7-8(10)5-6-16-11/h3-4,7,11-12H,5-6H2,1-2H3. The van der Waals surface area contributed by atoms with Gasteiger partial charge in [0.15, 0.2) is 6.29 Å². The molecule has 16 heavy (non-hydrogen) atoms. The number of rotatable bonds is 3. The van der Waals surface area contributed by atoms with E-state index in [4.69, 9.17) is 25.8 Å². The molecular weight excluding hydrogens is 228 g/mol. The van der Waals surface area contributed by atoms with Gasteiger partial charge in [0.05, 0.1) is 6.61 Å². The monoisotopic (exact) mass is 242 g/mol. The van der Waals surface area contributed by atoms with E-state index in [1.165, 1.54) is 5.56 Å². The van der Waals surface area contributed by atoms with Crippen LogP contribution in [-0.2, 0) is 20.6 Å². The van der Waals surface area contributed by atoms with Gasteiger partial charge in [0.25, 0.3) is 0 Å². The summed E-state index contributed by atoms with van der Waals surface area (Å²) in [5.41, 5.74) is 2.31. The van der Waals surface area contributed by atoms with Crippen molar-refractivity contribution in [2.75, 3.05) is 20.8 Å². The first-order valence-corrected chi connectivity index (χ1v) is 5.59. The van der Waals surface area contributed by atoms with Crippen LogP contribution in [0.25, 0.3) is 0 Å². The van der Waals surface area contributed by atoms with Crippen LogP contribution in [0.2, 0.25) is 5.02 Å². The fourth-order valence-corrected chi connectivity index (χ4v) is 2.22. The lowest BCUT2D eigenvalue weighted by Gasteiger charge is -2.30. The van der Waals surface area contributed by atoms with E-state index in [0.717, 1.165) is 17.0 Å². The molecule has 1 heterocycles. The van der Waals surface area contributed by atoms with Crippen LogP contribution in [-0.4, -0.2) is 27.1 Å². The van der Waals surface area contributed by atoms with E-state index < -0.39 is 0 Å². The van der Waals surface area contributed by atoms with Gasteiger partial charge in [-0.15, -0.1) is 0 Å². The van der Waals surface area contributed by atoms with Gasteiger partial charge >= 0.3 is 0 Å². The third-order valence-electron chi connectivity index (χ3n) is 2.79. The van der Waals surface area contributed by atoms with E-state index in [1.807, 2.05) is 18.2 Å². The maximum absolute atomic E-state index is 5.97. The number of methoxy groups -OCH3 is 2. The first kappa shape index (κ1) is 11.9. The smallest absolute Gasteiger partial charge is 0.187 e. The maximum Gasteiger partial charge on any atom is 0.187 e. The number of fused-ring (bicyclic) bond motifs is 1. The van der Waals surface area contributed by atoms with Gasteiger partial charge < -0.3 is 14.2 Å². The Morgan fingerprint density at radius 1 is 1.38 bits per heavy atom. The Labute approximate surface area is 100 Å². The van der Waals surface area contributed by atoms with Crippen molar-refractivity contribution < 1.29 is 14.2 Å². The van der Waals surface area contributed by atoms with Gasteiger partial charge in [-0.25, -0.2) is 0 Å². The molecule has 1 atom stereocenters. The van der Waals surface area contributed by atoms with Gasteiger partial charge in [-0.2, -0.15) is 0 Å². The van der Waals surface area contributed by atoms with Crippen molar-refractivity contribution in [1.82, 2.24) is 0 Å². The number of halogens is 1. The zero-order chi connectivity index (χ0) is 11.5. The molecule has 0 saturated heterocycles. The van der Waals surface area contributed by atoms with Gasteiger partial charge in [0.1, 0.15) is 6.10 Å². The number of hydrogen-bond acceptors (Lipinski definition) is 3. The van der Waals surface area contributed by atoms with Crippen LogP contribution < -0.4 is 0 Å². The van der Waals surface area contributed by atoms with Crippen LogP contribution in [0.4, 0.5) is 0 Å². The molecular formula is C12H15ClO3. The van der Waals surface area contributed by atoms with E-state index in [9.17, 15) is 0 Å². The summed E-state index contributed by atoms with van der Waals surface area (Å²) in [5.74, 6) is 0. The van der Waals surface area contributed by atoms with E-state index in [-0.39, 0.29) is 12.4 Å². The molecule has 0 aliphatic carbocycles. The van der Waals surface area contributed by atoms with Crippen molar-refractivity contribution in [3.05, 3.63) is 34.3 Å². The summed E-state index contributed by atoms with van der Waals surface area (Å²) in [6.07, 6.45) is 0.336. The molecule has 1 aliphatic heterocycles. The van der Waals surface area contributed by atoms with Crippen LogP contribution in [0.1, 0.15) is 17.2 Å². The van der Waals surface area contributed by atoms with Gasteiger partial charge in [-0.3, -0.25) is 0 Å². The molecule has 0 radical (unpaired) electrons. The number of benzene rings is 1. The molecule has 0 bridgehead atoms. The predicted molar refractivity (Wildman–Crippen MR) is 61.7 cm³/mol. The minimum atomic E-state index is -0.375. The van der Waals surface area contributed by atoms with Crippen molar-refractivity contribution in [2.45, 2.75) is 18.8 Å². The van der Waals surface area contributed by atoms with Gasteiger partial charge in [-0.1, -0.05) is 17.7 Å². The molecule has 0 amide bonds. The third-order valence-corrected chi connectivity index (χ3v) is 3.03. The average molecular weight is 243 g/mol. The average Bonchev–Trinajstić information content (AvgIpc) is 2.30. The molecule has 0 N–H and O–H groups in total. The zero-order valence-electron chi connectivity index (χ0n) is 9.40. The second kappa shape index (κ2) is 5.15. The minimum Gasteiger partial charge on any atom is -0.368 e. The third kappa shape index (κ3) is 2.23. The van der Waals surface area contributed by atoms with Crippen molar-refractivity contribution >= 4 is 11.6 Å². The van der Waals surface area contributed by atoms with Crippen molar-refractivity contribution in [3.8, 4) is 0 Å². The maximum atomic E-state index is 5.97. The first-order chi connectivity index (χ1) is 7.76. The molecule has 3 nitrogen and oxygen atoms in total. The summed E-state index contributed by atoms with van der Waals surface area (Å²) >= 11 is 5.97. The van der Waals surface area contributed by atoms with Gasteiger partial charge in [0.2, 0.25) is 0 Å². The fraction of sp³-hybridized carbons (Fsp3) is 0.500. The highest BCUT2D eigenvalue weighted by atomic mass is 35.5. The molecule has 2 rings (SSSR count). The molecule has 0 saturated carbocycles. The summed E-state index contributed by atoms with van der Waals surface area (Å²) in [6, 6.07) is 5.83. The van der Waals surface area contributed by atoms with E-state index in [0.29, 0.717) is 6.61 Å². The summed E-state index contributed by atoms with van der Waals surface area (Å²) in [7, 11) is 3.23. The van der Waals surface area contributed by atoms with Crippen LogP contribution in [0.15, 0.2) is 18.2 Å². The molecule has 1 unspecified atom stereocenters. The largest absolute Gasteiger partial charge is 0.368 e.